The first-order valence-electron chi connectivity index (χ1n) is 7.60. The lowest BCUT2D eigenvalue weighted by atomic mass is 10.1. The molecule has 1 aliphatic carbocycles. The van der Waals surface area contributed by atoms with Crippen LogP contribution in [0.2, 0.25) is 0 Å². The number of benzene rings is 1. The molecule has 4 nitrogen and oxygen atoms in total. The van der Waals surface area contributed by atoms with Gasteiger partial charge < -0.3 is 9.64 Å². The van der Waals surface area contributed by atoms with E-state index in [9.17, 15) is 9.59 Å². The zero-order valence-electron chi connectivity index (χ0n) is 13.0. The van der Waals surface area contributed by atoms with Crippen molar-refractivity contribution < 1.29 is 14.3 Å². The second kappa shape index (κ2) is 6.74. The Morgan fingerprint density at radius 3 is 2.33 bits per heavy atom. The molecule has 0 bridgehead atoms. The van der Waals surface area contributed by atoms with Crippen LogP contribution in [0, 0.1) is 0 Å². The van der Waals surface area contributed by atoms with Gasteiger partial charge >= 0.3 is 0 Å². The van der Waals surface area contributed by atoms with E-state index in [1.807, 2.05) is 25.7 Å². The number of carbonyl (C=O) groups excluding carboxylic acids is 2. The summed E-state index contributed by atoms with van der Waals surface area (Å²) in [4.78, 5) is 25.7. The van der Waals surface area contributed by atoms with Gasteiger partial charge in [0.15, 0.2) is 12.4 Å². The van der Waals surface area contributed by atoms with E-state index in [0.29, 0.717) is 23.8 Å². The van der Waals surface area contributed by atoms with E-state index in [0.717, 1.165) is 12.8 Å². The van der Waals surface area contributed by atoms with E-state index in [1.165, 1.54) is 0 Å². The first-order chi connectivity index (χ1) is 10.0. The van der Waals surface area contributed by atoms with Crippen molar-refractivity contribution in [3.63, 3.8) is 0 Å². The van der Waals surface area contributed by atoms with Gasteiger partial charge in [-0.15, -0.1) is 0 Å². The van der Waals surface area contributed by atoms with Crippen LogP contribution < -0.4 is 4.74 Å². The van der Waals surface area contributed by atoms with Crippen LogP contribution >= 0.6 is 0 Å². The normalized spacial score (nSPS) is 14.1. The number of ether oxygens (including phenoxy) is 1. The second-order valence-electron chi connectivity index (χ2n) is 5.72. The molecule has 0 saturated heterocycles. The fraction of sp³-hybridized carbons (Fsp3) is 0.529. The number of amides is 1. The largest absolute Gasteiger partial charge is 0.484 e. The minimum atomic E-state index is 0.0289. The van der Waals surface area contributed by atoms with Gasteiger partial charge in [-0.05, 0) is 51.0 Å². The highest BCUT2D eigenvalue weighted by atomic mass is 16.5. The molecular formula is C17H23NO3. The Bertz CT molecular complexity index is 501. The third kappa shape index (κ3) is 4.06. The van der Waals surface area contributed by atoms with E-state index < -0.39 is 0 Å². The van der Waals surface area contributed by atoms with Crippen LogP contribution in [0.1, 0.15) is 50.4 Å². The van der Waals surface area contributed by atoms with Crippen molar-refractivity contribution in [3.05, 3.63) is 29.8 Å². The molecule has 0 radical (unpaired) electrons. The molecule has 0 N–H and O–H groups in total. The number of rotatable bonds is 7. The summed E-state index contributed by atoms with van der Waals surface area (Å²) in [6.07, 6.45) is 2.68. The van der Waals surface area contributed by atoms with Gasteiger partial charge in [-0.2, -0.15) is 0 Å². The van der Waals surface area contributed by atoms with Gasteiger partial charge in [0.2, 0.25) is 0 Å². The minimum Gasteiger partial charge on any atom is -0.484 e. The molecule has 1 saturated carbocycles. The van der Waals surface area contributed by atoms with Gasteiger partial charge in [0.05, 0.1) is 0 Å². The Labute approximate surface area is 126 Å². The van der Waals surface area contributed by atoms with Crippen LogP contribution in [0.15, 0.2) is 24.3 Å². The van der Waals surface area contributed by atoms with E-state index in [1.54, 1.807) is 24.3 Å². The molecule has 114 valence electrons. The third-order valence-corrected chi connectivity index (χ3v) is 3.64. The van der Waals surface area contributed by atoms with Crippen LogP contribution in [0.5, 0.6) is 5.75 Å². The summed E-state index contributed by atoms with van der Waals surface area (Å²) in [5.41, 5.74) is 0.679. The molecule has 0 aromatic heterocycles. The molecule has 0 spiro atoms. The number of carbonyl (C=O) groups is 2. The van der Waals surface area contributed by atoms with Crippen LogP contribution in [-0.2, 0) is 4.79 Å². The Morgan fingerprint density at radius 2 is 1.86 bits per heavy atom. The average Bonchev–Trinajstić information content (AvgIpc) is 3.29. The zero-order chi connectivity index (χ0) is 15.4. The van der Waals surface area contributed by atoms with E-state index in [-0.39, 0.29) is 24.3 Å². The van der Waals surface area contributed by atoms with E-state index >= 15 is 0 Å². The summed E-state index contributed by atoms with van der Waals surface area (Å²) in [5, 5.41) is 0. The van der Waals surface area contributed by atoms with Crippen molar-refractivity contribution >= 4 is 11.7 Å². The molecule has 1 aromatic carbocycles. The smallest absolute Gasteiger partial charge is 0.260 e. The van der Waals surface area contributed by atoms with E-state index in [2.05, 4.69) is 0 Å². The number of ketones is 1. The molecule has 0 aliphatic heterocycles. The maximum Gasteiger partial charge on any atom is 0.260 e. The molecule has 21 heavy (non-hydrogen) atoms. The van der Waals surface area contributed by atoms with Crippen LogP contribution in [0.3, 0.4) is 0 Å². The lowest BCUT2D eigenvalue weighted by Gasteiger charge is -2.26. The summed E-state index contributed by atoms with van der Waals surface area (Å²) in [6.45, 7) is 5.95. The fourth-order valence-electron chi connectivity index (χ4n) is 2.43. The van der Waals surface area contributed by atoms with Gasteiger partial charge in [-0.25, -0.2) is 0 Å². The predicted octanol–water partition coefficient (Wildman–Crippen LogP) is 3.06. The molecule has 1 aromatic rings. The van der Waals surface area contributed by atoms with Crippen LogP contribution in [-0.4, -0.2) is 35.3 Å². The van der Waals surface area contributed by atoms with Crippen molar-refractivity contribution in [1.82, 2.24) is 4.90 Å². The molecule has 0 atom stereocenters. The van der Waals surface area contributed by atoms with Crippen LogP contribution in [0.25, 0.3) is 0 Å². The lowest BCUT2D eigenvalue weighted by molar-refractivity contribution is -0.135. The van der Waals surface area contributed by atoms with Crippen LogP contribution in [0.4, 0.5) is 0 Å². The standard InChI is InChI=1S/C17H23NO3/c1-4-16(19)13-5-9-15(10-6-13)21-11-17(20)18(12(2)3)14-7-8-14/h5-6,9-10,12,14H,4,7-8,11H2,1-3H3. The maximum absolute atomic E-state index is 12.2. The summed E-state index contributed by atoms with van der Waals surface area (Å²) in [5.74, 6) is 0.758. The molecule has 1 aliphatic rings. The summed E-state index contributed by atoms with van der Waals surface area (Å²) in [6, 6.07) is 7.57. The molecule has 4 heteroatoms. The number of hydrogen-bond acceptors (Lipinski definition) is 3. The minimum absolute atomic E-state index is 0.0289. The van der Waals surface area contributed by atoms with Crippen molar-refractivity contribution in [2.45, 2.75) is 52.1 Å². The Balaban J connectivity index is 1.90. The number of nitrogens with zero attached hydrogens (tertiary/aromatic N) is 1. The highest BCUT2D eigenvalue weighted by molar-refractivity contribution is 5.95. The quantitative estimate of drug-likeness (QED) is 0.725. The third-order valence-electron chi connectivity index (χ3n) is 3.64. The molecule has 0 heterocycles. The fourth-order valence-corrected chi connectivity index (χ4v) is 2.43. The topological polar surface area (TPSA) is 46.6 Å². The highest BCUT2D eigenvalue weighted by Crippen LogP contribution is 2.28. The first-order valence-corrected chi connectivity index (χ1v) is 7.60. The lowest BCUT2D eigenvalue weighted by Crippen LogP contribution is -2.41. The van der Waals surface area contributed by atoms with Crippen molar-refractivity contribution in [2.24, 2.45) is 0 Å². The van der Waals surface area contributed by atoms with Crippen molar-refractivity contribution in [2.75, 3.05) is 6.61 Å². The highest BCUT2D eigenvalue weighted by Gasteiger charge is 2.34. The first kappa shape index (κ1) is 15.5. The second-order valence-corrected chi connectivity index (χ2v) is 5.72. The molecule has 1 fully saturated rings. The van der Waals surface area contributed by atoms with Crippen molar-refractivity contribution in [1.29, 1.82) is 0 Å². The maximum atomic E-state index is 12.2. The monoisotopic (exact) mass is 289 g/mol. The molecule has 1 amide bonds. The Morgan fingerprint density at radius 1 is 1.24 bits per heavy atom. The van der Waals surface area contributed by atoms with Gasteiger partial charge in [0.25, 0.3) is 5.91 Å². The number of hydrogen-bond donors (Lipinski definition) is 0. The molecule has 2 rings (SSSR count). The van der Waals surface area contributed by atoms with Gasteiger partial charge in [-0.3, -0.25) is 9.59 Å². The van der Waals surface area contributed by atoms with Gasteiger partial charge in [-0.1, -0.05) is 6.92 Å². The van der Waals surface area contributed by atoms with Gasteiger partial charge in [0, 0.05) is 24.1 Å². The Kier molecular flexibility index (Phi) is 4.99. The molecular weight excluding hydrogens is 266 g/mol. The van der Waals surface area contributed by atoms with Gasteiger partial charge in [0.1, 0.15) is 5.75 Å². The van der Waals surface area contributed by atoms with E-state index in [4.69, 9.17) is 4.74 Å². The Hall–Kier alpha value is -1.84. The number of Topliss-reactive ketones (excluding diaryl/α,β-unsaturated/α-hetero) is 1. The van der Waals surface area contributed by atoms with Crippen molar-refractivity contribution in [3.8, 4) is 5.75 Å². The predicted molar refractivity (Wildman–Crippen MR) is 81.6 cm³/mol. The average molecular weight is 289 g/mol. The SMILES string of the molecule is CCC(=O)c1ccc(OCC(=O)N(C(C)C)C2CC2)cc1. The molecule has 0 unspecified atom stereocenters. The zero-order valence-corrected chi connectivity index (χ0v) is 13.0. The summed E-state index contributed by atoms with van der Waals surface area (Å²) < 4.78 is 5.54. The summed E-state index contributed by atoms with van der Waals surface area (Å²) in [7, 11) is 0. The summed E-state index contributed by atoms with van der Waals surface area (Å²) >= 11 is 0.